The Morgan fingerprint density at radius 3 is 3.14 bits per heavy atom. The maximum Gasteiger partial charge on any atom is 0.404 e. The molecule has 1 aromatic rings. The van der Waals surface area contributed by atoms with Gasteiger partial charge >= 0.3 is 6.09 Å². The first kappa shape index (κ1) is 10.5. The average Bonchev–Trinajstić information content (AvgIpc) is 2.51. The molecule has 1 aromatic heterocycles. The van der Waals surface area contributed by atoms with Gasteiger partial charge in [-0.05, 0) is 0 Å². The SMILES string of the molecule is Cn1nncc1CNCCOC(N)=O. The first-order chi connectivity index (χ1) is 6.70. The van der Waals surface area contributed by atoms with Gasteiger partial charge in [-0.2, -0.15) is 0 Å². The normalized spacial score (nSPS) is 10.1. The van der Waals surface area contributed by atoms with Crippen LogP contribution in [0.25, 0.3) is 0 Å². The van der Waals surface area contributed by atoms with Gasteiger partial charge in [0.25, 0.3) is 0 Å². The predicted octanol–water partition coefficient (Wildman–Crippen LogP) is -1.000. The van der Waals surface area contributed by atoms with Gasteiger partial charge in [-0.3, -0.25) is 4.68 Å². The summed E-state index contributed by atoms with van der Waals surface area (Å²) in [6.07, 6.45) is 0.913. The highest BCUT2D eigenvalue weighted by Crippen LogP contribution is 1.90. The van der Waals surface area contributed by atoms with Crippen LogP contribution >= 0.6 is 0 Å². The van der Waals surface area contributed by atoms with Gasteiger partial charge in [0, 0.05) is 20.1 Å². The molecule has 1 amide bonds. The summed E-state index contributed by atoms with van der Waals surface area (Å²) in [5.74, 6) is 0. The van der Waals surface area contributed by atoms with E-state index >= 15 is 0 Å². The van der Waals surface area contributed by atoms with Crippen LogP contribution in [-0.2, 0) is 18.3 Å². The van der Waals surface area contributed by atoms with Crippen LogP contribution in [0.1, 0.15) is 5.69 Å². The molecule has 1 heterocycles. The van der Waals surface area contributed by atoms with E-state index in [1.807, 2.05) is 7.05 Å². The van der Waals surface area contributed by atoms with Crippen LogP contribution in [-0.4, -0.2) is 34.2 Å². The molecule has 0 spiro atoms. The van der Waals surface area contributed by atoms with Gasteiger partial charge in [-0.25, -0.2) is 4.79 Å². The van der Waals surface area contributed by atoms with Gasteiger partial charge in [-0.15, -0.1) is 5.10 Å². The second kappa shape index (κ2) is 5.18. The van der Waals surface area contributed by atoms with Crippen molar-refractivity contribution in [3.05, 3.63) is 11.9 Å². The fraction of sp³-hybridized carbons (Fsp3) is 0.571. The number of nitrogens with one attached hydrogen (secondary N) is 1. The number of hydrogen-bond donors (Lipinski definition) is 2. The molecule has 0 bridgehead atoms. The van der Waals surface area contributed by atoms with E-state index in [4.69, 9.17) is 5.73 Å². The molecule has 0 radical (unpaired) electrons. The topological polar surface area (TPSA) is 95.1 Å². The molecule has 0 unspecified atom stereocenters. The van der Waals surface area contributed by atoms with Crippen molar-refractivity contribution in [3.63, 3.8) is 0 Å². The number of carbonyl (C=O) groups is 1. The number of nitrogens with zero attached hydrogens (tertiary/aromatic N) is 3. The second-order valence-electron chi connectivity index (χ2n) is 2.69. The molecule has 0 saturated carbocycles. The lowest BCUT2D eigenvalue weighted by molar-refractivity contribution is 0.157. The second-order valence-corrected chi connectivity index (χ2v) is 2.69. The van der Waals surface area contributed by atoms with Crippen molar-refractivity contribution in [2.24, 2.45) is 12.8 Å². The lowest BCUT2D eigenvalue weighted by Gasteiger charge is -2.03. The van der Waals surface area contributed by atoms with E-state index in [1.54, 1.807) is 10.9 Å². The number of rotatable bonds is 5. The Hall–Kier alpha value is -1.63. The molecule has 1 rings (SSSR count). The molecular weight excluding hydrogens is 186 g/mol. The third-order valence-corrected chi connectivity index (χ3v) is 1.64. The number of ether oxygens (including phenoxy) is 1. The van der Waals surface area contributed by atoms with E-state index in [2.05, 4.69) is 20.4 Å². The van der Waals surface area contributed by atoms with E-state index in [0.29, 0.717) is 13.1 Å². The van der Waals surface area contributed by atoms with E-state index < -0.39 is 6.09 Å². The van der Waals surface area contributed by atoms with Crippen LogP contribution in [0.5, 0.6) is 0 Å². The maximum atomic E-state index is 10.2. The van der Waals surface area contributed by atoms with E-state index in [1.165, 1.54) is 0 Å². The average molecular weight is 199 g/mol. The van der Waals surface area contributed by atoms with Crippen LogP contribution < -0.4 is 11.1 Å². The zero-order valence-corrected chi connectivity index (χ0v) is 7.93. The van der Waals surface area contributed by atoms with Crippen molar-refractivity contribution < 1.29 is 9.53 Å². The van der Waals surface area contributed by atoms with Gasteiger partial charge in [0.2, 0.25) is 0 Å². The molecule has 14 heavy (non-hydrogen) atoms. The number of hydrogen-bond acceptors (Lipinski definition) is 5. The standard InChI is InChI=1S/C7H13N5O2/c1-12-6(5-10-11-12)4-9-2-3-14-7(8)13/h5,9H,2-4H2,1H3,(H2,8,13). The molecule has 0 saturated heterocycles. The van der Waals surface area contributed by atoms with Gasteiger partial charge in [0.1, 0.15) is 6.61 Å². The van der Waals surface area contributed by atoms with E-state index in [-0.39, 0.29) is 6.61 Å². The number of aryl methyl sites for hydroxylation is 1. The first-order valence-electron chi connectivity index (χ1n) is 4.16. The fourth-order valence-electron chi connectivity index (χ4n) is 0.911. The Morgan fingerprint density at radius 1 is 1.79 bits per heavy atom. The third-order valence-electron chi connectivity index (χ3n) is 1.64. The molecule has 78 valence electrons. The summed E-state index contributed by atoms with van der Waals surface area (Å²) in [6, 6.07) is 0. The zero-order chi connectivity index (χ0) is 10.4. The number of primary amides is 1. The van der Waals surface area contributed by atoms with Crippen LogP contribution in [0.4, 0.5) is 4.79 Å². The van der Waals surface area contributed by atoms with Crippen molar-refractivity contribution in [1.82, 2.24) is 20.3 Å². The molecule has 7 heteroatoms. The highest BCUT2D eigenvalue weighted by Gasteiger charge is 1.98. The van der Waals surface area contributed by atoms with Gasteiger partial charge < -0.3 is 15.8 Å². The first-order valence-corrected chi connectivity index (χ1v) is 4.16. The molecule has 0 fully saturated rings. The molecular formula is C7H13N5O2. The smallest absolute Gasteiger partial charge is 0.404 e. The lowest BCUT2D eigenvalue weighted by atomic mass is 10.4. The number of aromatic nitrogens is 3. The summed E-state index contributed by atoms with van der Waals surface area (Å²) < 4.78 is 6.20. The van der Waals surface area contributed by atoms with Crippen LogP contribution in [0.2, 0.25) is 0 Å². The van der Waals surface area contributed by atoms with Crippen molar-refractivity contribution in [3.8, 4) is 0 Å². The minimum absolute atomic E-state index is 0.264. The van der Waals surface area contributed by atoms with Crippen molar-refractivity contribution in [2.45, 2.75) is 6.54 Å². The maximum absolute atomic E-state index is 10.2. The number of nitrogens with two attached hydrogens (primary N) is 1. The Balaban J connectivity index is 2.10. The summed E-state index contributed by atoms with van der Waals surface area (Å²) in [7, 11) is 1.81. The fourth-order valence-corrected chi connectivity index (χ4v) is 0.911. The number of carbonyl (C=O) groups excluding carboxylic acids is 1. The van der Waals surface area contributed by atoms with Gasteiger partial charge in [0.15, 0.2) is 0 Å². The molecule has 0 aliphatic carbocycles. The summed E-state index contributed by atoms with van der Waals surface area (Å²) in [6.45, 7) is 1.44. The lowest BCUT2D eigenvalue weighted by Crippen LogP contribution is -2.24. The quantitative estimate of drug-likeness (QED) is 0.593. The van der Waals surface area contributed by atoms with Crippen molar-refractivity contribution >= 4 is 6.09 Å². The highest BCUT2D eigenvalue weighted by molar-refractivity contribution is 5.64. The Morgan fingerprint density at radius 2 is 2.57 bits per heavy atom. The minimum atomic E-state index is -0.756. The third kappa shape index (κ3) is 3.40. The number of amides is 1. The van der Waals surface area contributed by atoms with Crippen LogP contribution in [0.3, 0.4) is 0 Å². The largest absolute Gasteiger partial charge is 0.448 e. The minimum Gasteiger partial charge on any atom is -0.448 e. The summed E-state index contributed by atoms with van der Waals surface area (Å²) in [4.78, 5) is 10.2. The summed E-state index contributed by atoms with van der Waals surface area (Å²) in [5.41, 5.74) is 5.74. The zero-order valence-electron chi connectivity index (χ0n) is 7.93. The predicted molar refractivity (Wildman–Crippen MR) is 48.2 cm³/mol. The Labute approximate surface area is 81.2 Å². The monoisotopic (exact) mass is 199 g/mol. The highest BCUT2D eigenvalue weighted by atomic mass is 16.5. The molecule has 0 aliphatic rings. The van der Waals surface area contributed by atoms with Crippen molar-refractivity contribution in [1.29, 1.82) is 0 Å². The molecule has 3 N–H and O–H groups in total. The Bertz CT molecular complexity index is 298. The van der Waals surface area contributed by atoms with Gasteiger partial charge in [0.05, 0.1) is 11.9 Å². The van der Waals surface area contributed by atoms with Crippen LogP contribution in [0, 0.1) is 0 Å². The molecule has 0 aromatic carbocycles. The summed E-state index contributed by atoms with van der Waals surface area (Å²) >= 11 is 0. The molecule has 0 aliphatic heterocycles. The van der Waals surface area contributed by atoms with E-state index in [9.17, 15) is 4.79 Å². The van der Waals surface area contributed by atoms with E-state index in [0.717, 1.165) is 5.69 Å². The molecule has 0 atom stereocenters. The Kier molecular flexibility index (Phi) is 3.86. The van der Waals surface area contributed by atoms with Crippen LogP contribution in [0.15, 0.2) is 6.20 Å². The molecule has 7 nitrogen and oxygen atoms in total. The van der Waals surface area contributed by atoms with Crippen molar-refractivity contribution in [2.75, 3.05) is 13.2 Å². The summed E-state index contributed by atoms with van der Waals surface area (Å²) in [5, 5.41) is 10.5. The van der Waals surface area contributed by atoms with Gasteiger partial charge in [-0.1, -0.05) is 5.21 Å².